The molecule has 0 aromatic rings. The summed E-state index contributed by atoms with van der Waals surface area (Å²) in [6.45, 7) is 5.39. The molecular formula is C12H23N3O3. The molecule has 6 nitrogen and oxygen atoms in total. The Morgan fingerprint density at radius 2 is 1.83 bits per heavy atom. The second-order valence-corrected chi connectivity index (χ2v) is 4.74. The summed E-state index contributed by atoms with van der Waals surface area (Å²) in [7, 11) is 2.10. The largest absolute Gasteiger partial charge is 0.481 e. The number of likely N-dealkylation sites (N-methyl/N-ethyl adjacent to an activating group) is 1. The van der Waals surface area contributed by atoms with E-state index in [1.165, 1.54) is 0 Å². The van der Waals surface area contributed by atoms with Gasteiger partial charge in [0.15, 0.2) is 0 Å². The summed E-state index contributed by atoms with van der Waals surface area (Å²) in [5.41, 5.74) is 0. The van der Waals surface area contributed by atoms with Gasteiger partial charge in [-0.2, -0.15) is 0 Å². The maximum absolute atomic E-state index is 11.5. The highest BCUT2D eigenvalue weighted by molar-refractivity contribution is 5.76. The number of carboxylic acid groups (broad SMARTS) is 1. The van der Waals surface area contributed by atoms with Crippen LogP contribution in [0.4, 0.5) is 0 Å². The summed E-state index contributed by atoms with van der Waals surface area (Å²) < 4.78 is 0. The molecule has 1 aliphatic heterocycles. The van der Waals surface area contributed by atoms with Crippen LogP contribution < -0.4 is 5.32 Å². The highest BCUT2D eigenvalue weighted by atomic mass is 16.4. The van der Waals surface area contributed by atoms with Crippen molar-refractivity contribution in [3.63, 3.8) is 0 Å². The van der Waals surface area contributed by atoms with E-state index in [1.54, 1.807) is 0 Å². The van der Waals surface area contributed by atoms with E-state index >= 15 is 0 Å². The lowest BCUT2D eigenvalue weighted by molar-refractivity contribution is -0.137. The van der Waals surface area contributed by atoms with Crippen molar-refractivity contribution in [1.29, 1.82) is 0 Å². The van der Waals surface area contributed by atoms with E-state index in [1.807, 2.05) is 0 Å². The van der Waals surface area contributed by atoms with Crippen molar-refractivity contribution in [3.05, 3.63) is 0 Å². The van der Waals surface area contributed by atoms with Gasteiger partial charge in [0, 0.05) is 52.1 Å². The number of carboxylic acids is 1. The number of hydrogen-bond acceptors (Lipinski definition) is 4. The lowest BCUT2D eigenvalue weighted by Crippen LogP contribution is -2.45. The SMILES string of the molecule is CN1CCN(CCC(=O)NCCCC(=O)O)CC1. The fourth-order valence-electron chi connectivity index (χ4n) is 1.89. The second kappa shape index (κ2) is 8.05. The van der Waals surface area contributed by atoms with Gasteiger partial charge in [0.25, 0.3) is 0 Å². The Balaban J connectivity index is 2.01. The van der Waals surface area contributed by atoms with Crippen LogP contribution in [0, 0.1) is 0 Å². The van der Waals surface area contributed by atoms with Crippen molar-refractivity contribution >= 4 is 11.9 Å². The Morgan fingerprint density at radius 3 is 2.44 bits per heavy atom. The van der Waals surface area contributed by atoms with Crippen molar-refractivity contribution in [3.8, 4) is 0 Å². The van der Waals surface area contributed by atoms with Crippen molar-refractivity contribution < 1.29 is 14.7 Å². The van der Waals surface area contributed by atoms with Gasteiger partial charge in [0.05, 0.1) is 0 Å². The summed E-state index contributed by atoms with van der Waals surface area (Å²) in [5.74, 6) is -0.805. The van der Waals surface area contributed by atoms with Crippen molar-refractivity contribution in [2.24, 2.45) is 0 Å². The molecule has 0 unspecified atom stereocenters. The first-order valence-electron chi connectivity index (χ1n) is 6.47. The molecule has 1 fully saturated rings. The van der Waals surface area contributed by atoms with E-state index in [-0.39, 0.29) is 12.3 Å². The van der Waals surface area contributed by atoms with Crippen LogP contribution in [0.15, 0.2) is 0 Å². The molecule has 0 aliphatic carbocycles. The zero-order chi connectivity index (χ0) is 13.4. The van der Waals surface area contributed by atoms with Gasteiger partial charge in [0.2, 0.25) is 5.91 Å². The Kier molecular flexibility index (Phi) is 6.67. The number of hydrogen-bond donors (Lipinski definition) is 2. The van der Waals surface area contributed by atoms with E-state index in [0.29, 0.717) is 19.4 Å². The topological polar surface area (TPSA) is 72.9 Å². The summed E-state index contributed by atoms with van der Waals surface area (Å²) >= 11 is 0. The average Bonchev–Trinajstić information content (AvgIpc) is 2.34. The molecule has 6 heteroatoms. The Morgan fingerprint density at radius 1 is 1.17 bits per heavy atom. The van der Waals surface area contributed by atoms with Crippen LogP contribution in [0.2, 0.25) is 0 Å². The third-order valence-corrected chi connectivity index (χ3v) is 3.14. The molecule has 0 atom stereocenters. The van der Waals surface area contributed by atoms with E-state index in [9.17, 15) is 9.59 Å². The quantitative estimate of drug-likeness (QED) is 0.607. The van der Waals surface area contributed by atoms with Crippen LogP contribution >= 0.6 is 0 Å². The Hall–Kier alpha value is -1.14. The number of aliphatic carboxylic acids is 1. The number of piperazine rings is 1. The van der Waals surface area contributed by atoms with Gasteiger partial charge in [-0.15, -0.1) is 0 Å². The van der Waals surface area contributed by atoms with Gasteiger partial charge >= 0.3 is 5.97 Å². The van der Waals surface area contributed by atoms with E-state index in [2.05, 4.69) is 22.2 Å². The number of nitrogens with one attached hydrogen (secondary N) is 1. The molecule has 1 rings (SSSR count). The van der Waals surface area contributed by atoms with Crippen molar-refractivity contribution in [2.45, 2.75) is 19.3 Å². The van der Waals surface area contributed by atoms with Crippen LogP contribution in [0.3, 0.4) is 0 Å². The molecule has 104 valence electrons. The average molecular weight is 257 g/mol. The van der Waals surface area contributed by atoms with Crippen LogP contribution in [-0.4, -0.2) is 73.1 Å². The predicted octanol–water partition coefficient (Wildman–Crippen LogP) is -0.395. The minimum absolute atomic E-state index is 0.0133. The van der Waals surface area contributed by atoms with Crippen molar-refractivity contribution in [1.82, 2.24) is 15.1 Å². The fraction of sp³-hybridized carbons (Fsp3) is 0.833. The van der Waals surface area contributed by atoms with Gasteiger partial charge in [-0.1, -0.05) is 0 Å². The minimum atomic E-state index is -0.818. The normalized spacial score (nSPS) is 17.6. The lowest BCUT2D eigenvalue weighted by atomic mass is 10.3. The number of carbonyl (C=O) groups excluding carboxylic acids is 1. The van der Waals surface area contributed by atoms with Gasteiger partial charge < -0.3 is 20.2 Å². The molecule has 1 aliphatic rings. The molecule has 0 aromatic heterocycles. The molecule has 1 saturated heterocycles. The van der Waals surface area contributed by atoms with Gasteiger partial charge in [-0.05, 0) is 13.5 Å². The van der Waals surface area contributed by atoms with E-state index in [0.717, 1.165) is 32.7 Å². The van der Waals surface area contributed by atoms with Crippen LogP contribution in [0.25, 0.3) is 0 Å². The number of rotatable bonds is 7. The molecule has 0 saturated carbocycles. The number of nitrogens with zero attached hydrogens (tertiary/aromatic N) is 2. The summed E-state index contributed by atoms with van der Waals surface area (Å²) in [5, 5.41) is 11.2. The molecular weight excluding hydrogens is 234 g/mol. The summed E-state index contributed by atoms with van der Waals surface area (Å²) in [6, 6.07) is 0. The molecule has 0 aromatic carbocycles. The van der Waals surface area contributed by atoms with Crippen LogP contribution in [0.5, 0.6) is 0 Å². The van der Waals surface area contributed by atoms with Crippen LogP contribution in [-0.2, 0) is 9.59 Å². The third-order valence-electron chi connectivity index (χ3n) is 3.14. The van der Waals surface area contributed by atoms with Crippen molar-refractivity contribution in [2.75, 3.05) is 46.3 Å². The monoisotopic (exact) mass is 257 g/mol. The first-order valence-corrected chi connectivity index (χ1v) is 6.47. The zero-order valence-electron chi connectivity index (χ0n) is 11.0. The smallest absolute Gasteiger partial charge is 0.303 e. The van der Waals surface area contributed by atoms with Gasteiger partial charge in [0.1, 0.15) is 0 Å². The maximum atomic E-state index is 11.5. The molecule has 18 heavy (non-hydrogen) atoms. The third kappa shape index (κ3) is 6.56. The van der Waals surface area contributed by atoms with E-state index < -0.39 is 5.97 Å². The highest BCUT2D eigenvalue weighted by Crippen LogP contribution is 1.99. The number of amides is 1. The van der Waals surface area contributed by atoms with Gasteiger partial charge in [-0.25, -0.2) is 0 Å². The zero-order valence-corrected chi connectivity index (χ0v) is 11.0. The molecule has 0 spiro atoms. The number of carbonyl (C=O) groups is 2. The molecule has 0 radical (unpaired) electrons. The molecule has 1 amide bonds. The summed E-state index contributed by atoms with van der Waals surface area (Å²) in [4.78, 5) is 26.3. The molecule has 1 heterocycles. The first kappa shape index (κ1) is 14.9. The minimum Gasteiger partial charge on any atom is -0.481 e. The maximum Gasteiger partial charge on any atom is 0.303 e. The first-order chi connectivity index (χ1) is 8.58. The lowest BCUT2D eigenvalue weighted by Gasteiger charge is -2.32. The van der Waals surface area contributed by atoms with Gasteiger partial charge in [-0.3, -0.25) is 9.59 Å². The standard InChI is InChI=1S/C12H23N3O3/c1-14-7-9-15(10-8-14)6-4-11(16)13-5-2-3-12(17)18/h2-10H2,1H3,(H,13,16)(H,17,18). The second-order valence-electron chi connectivity index (χ2n) is 4.74. The molecule has 2 N–H and O–H groups in total. The van der Waals surface area contributed by atoms with Crippen LogP contribution in [0.1, 0.15) is 19.3 Å². The van der Waals surface area contributed by atoms with E-state index in [4.69, 9.17) is 5.11 Å². The predicted molar refractivity (Wildman–Crippen MR) is 68.4 cm³/mol. The Bertz CT molecular complexity index is 276. The highest BCUT2D eigenvalue weighted by Gasteiger charge is 2.14. The Labute approximate surface area is 108 Å². The molecule has 0 bridgehead atoms. The summed E-state index contributed by atoms with van der Waals surface area (Å²) in [6.07, 6.45) is 1.10. The fourth-order valence-corrected chi connectivity index (χ4v) is 1.89.